The summed E-state index contributed by atoms with van der Waals surface area (Å²) in [7, 11) is -6.33. The number of carbonyl (C=O) groups excluding carboxylic acids is 4. The van der Waals surface area contributed by atoms with Gasteiger partial charge in [-0.05, 0) is 97.4 Å². The van der Waals surface area contributed by atoms with Crippen molar-refractivity contribution in [3.8, 4) is 0 Å². The average molecular weight is 871 g/mol. The molecule has 0 aliphatic rings. The molecule has 4 aromatic carbocycles. The van der Waals surface area contributed by atoms with Gasteiger partial charge >= 0.3 is 5.97 Å². The minimum Gasteiger partial charge on any atom is -0.457 e. The fourth-order valence-corrected chi connectivity index (χ4v) is 8.68. The lowest BCUT2D eigenvalue weighted by molar-refractivity contribution is -0.131. The molecule has 0 radical (unpaired) electrons. The van der Waals surface area contributed by atoms with Gasteiger partial charge < -0.3 is 25.1 Å². The average Bonchev–Trinajstić information content (AvgIpc) is 3.21. The number of hydrogen-bond acceptors (Lipinski definition) is 8. The van der Waals surface area contributed by atoms with E-state index in [2.05, 4.69) is 54.5 Å². The number of anilines is 1. The Balaban J connectivity index is 1.41. The van der Waals surface area contributed by atoms with Gasteiger partial charge in [-0.1, -0.05) is 108 Å². The first kappa shape index (κ1) is 48.4. The lowest BCUT2D eigenvalue weighted by atomic mass is 9.92. The Hall–Kier alpha value is -5.31. The molecule has 0 fully saturated rings. The van der Waals surface area contributed by atoms with E-state index in [9.17, 15) is 27.6 Å². The van der Waals surface area contributed by atoms with E-state index < -0.39 is 54.3 Å². The van der Waals surface area contributed by atoms with Gasteiger partial charge in [0.2, 0.25) is 11.8 Å². The summed E-state index contributed by atoms with van der Waals surface area (Å²) in [5, 5.41) is 8.71. The van der Waals surface area contributed by atoms with Crippen LogP contribution in [0.15, 0.2) is 114 Å². The Bertz CT molecular complexity index is 2190. The summed E-state index contributed by atoms with van der Waals surface area (Å²) >= 11 is 0. The molecule has 4 atom stereocenters. The summed E-state index contributed by atoms with van der Waals surface area (Å²) in [6, 6.07) is 29.1. The van der Waals surface area contributed by atoms with Crippen molar-refractivity contribution in [1.82, 2.24) is 16.0 Å². The SMILES string of the molecule is CC(C)C[C@H](NC(=O)c1cccc(NS(=O)(=O)c2ccccc2)c1)[C@H](C[C@@H](C)C(=O)N[C@@H](C)C(=O)NCc1ccc(C(=O)OCc2ccccc2)cc1)O[Si](C)(C)C(C)(C)C. The number of sulfonamides is 1. The third kappa shape index (κ3) is 14.7. The second-order valence-electron chi connectivity index (χ2n) is 17.5. The molecule has 0 aromatic heterocycles. The van der Waals surface area contributed by atoms with Crippen molar-refractivity contribution in [2.45, 2.75) is 116 Å². The van der Waals surface area contributed by atoms with Crippen molar-refractivity contribution >= 4 is 47.7 Å². The minimum atomic E-state index is -3.88. The molecule has 4 rings (SSSR count). The van der Waals surface area contributed by atoms with Crippen molar-refractivity contribution < 1.29 is 36.8 Å². The lowest BCUT2D eigenvalue weighted by Crippen LogP contribution is -2.53. The Morgan fingerprint density at radius 3 is 1.93 bits per heavy atom. The van der Waals surface area contributed by atoms with Crippen molar-refractivity contribution in [2.75, 3.05) is 4.72 Å². The van der Waals surface area contributed by atoms with Gasteiger partial charge in [0.15, 0.2) is 8.32 Å². The normalized spacial score (nSPS) is 13.9. The number of nitrogens with one attached hydrogen (secondary N) is 4. The predicted molar refractivity (Wildman–Crippen MR) is 242 cm³/mol. The zero-order chi connectivity index (χ0) is 45.0. The largest absolute Gasteiger partial charge is 0.457 e. The maximum Gasteiger partial charge on any atom is 0.338 e. The van der Waals surface area contributed by atoms with Gasteiger partial charge in [0, 0.05) is 23.7 Å². The molecule has 61 heavy (non-hydrogen) atoms. The van der Waals surface area contributed by atoms with Gasteiger partial charge in [-0.25, -0.2) is 13.2 Å². The van der Waals surface area contributed by atoms with Crippen molar-refractivity contribution in [1.29, 1.82) is 0 Å². The second-order valence-corrected chi connectivity index (χ2v) is 23.9. The Morgan fingerprint density at radius 1 is 0.705 bits per heavy atom. The number of benzene rings is 4. The molecule has 0 spiro atoms. The van der Waals surface area contributed by atoms with Crippen LogP contribution in [0.3, 0.4) is 0 Å². The number of ether oxygens (including phenoxy) is 1. The molecule has 0 bridgehead atoms. The number of carbonyl (C=O) groups is 4. The van der Waals surface area contributed by atoms with Crippen molar-refractivity contribution in [2.24, 2.45) is 11.8 Å². The molecule has 3 amide bonds. The van der Waals surface area contributed by atoms with E-state index >= 15 is 0 Å². The topological polar surface area (TPSA) is 169 Å². The van der Waals surface area contributed by atoms with Gasteiger partial charge in [-0.3, -0.25) is 19.1 Å². The van der Waals surface area contributed by atoms with Gasteiger partial charge in [-0.2, -0.15) is 0 Å². The smallest absolute Gasteiger partial charge is 0.338 e. The first-order chi connectivity index (χ1) is 28.6. The molecule has 4 aromatic rings. The van der Waals surface area contributed by atoms with Crippen LogP contribution < -0.4 is 20.7 Å². The minimum absolute atomic E-state index is 0.100. The van der Waals surface area contributed by atoms with E-state index in [-0.39, 0.29) is 58.5 Å². The van der Waals surface area contributed by atoms with Crippen LogP contribution in [0, 0.1) is 11.8 Å². The number of rotatable bonds is 20. The van der Waals surface area contributed by atoms with Crippen LogP contribution >= 0.6 is 0 Å². The van der Waals surface area contributed by atoms with Crippen LogP contribution in [0.1, 0.15) is 93.2 Å². The standard InChI is InChI=1S/C47H62N4O8SSi/c1-32(2)27-41(50-45(54)38-19-16-20-39(29-38)51-60(56,57)40-21-14-11-15-22-40)42(59-61(8,9)47(5,6)7)28-33(3)43(52)49-34(4)44(53)48-30-35-23-25-37(26-24-35)46(55)58-31-36-17-12-10-13-18-36/h10-26,29,32-34,41-42,51H,27-28,30-31H2,1-9H3,(H,48,53)(H,49,52)(H,50,54)/t33-,34+,41+,42+/m1/s1. The highest BCUT2D eigenvalue weighted by atomic mass is 32.2. The maximum atomic E-state index is 13.9. The first-order valence-corrected chi connectivity index (χ1v) is 25.1. The zero-order valence-electron chi connectivity index (χ0n) is 36.8. The summed E-state index contributed by atoms with van der Waals surface area (Å²) < 4.78 is 41.0. The fourth-order valence-electron chi connectivity index (χ4n) is 6.23. The molecule has 328 valence electrons. The fraction of sp³-hybridized carbons (Fsp3) is 0.404. The number of amides is 3. The highest BCUT2D eigenvalue weighted by Gasteiger charge is 2.42. The summed E-state index contributed by atoms with van der Waals surface area (Å²) in [5.74, 6) is -2.01. The zero-order valence-corrected chi connectivity index (χ0v) is 38.6. The molecule has 0 aliphatic heterocycles. The molecule has 14 heteroatoms. The summed E-state index contributed by atoms with van der Waals surface area (Å²) in [5.41, 5.74) is 2.55. The molecule has 12 nitrogen and oxygen atoms in total. The van der Waals surface area contributed by atoms with E-state index in [0.29, 0.717) is 12.0 Å². The molecule has 0 aliphatic carbocycles. The van der Waals surface area contributed by atoms with Crippen molar-refractivity contribution in [3.63, 3.8) is 0 Å². The number of esters is 1. The van der Waals surface area contributed by atoms with Crippen LogP contribution in [0.25, 0.3) is 0 Å². The third-order valence-electron chi connectivity index (χ3n) is 10.8. The monoisotopic (exact) mass is 870 g/mol. The maximum absolute atomic E-state index is 13.9. The van der Waals surface area contributed by atoms with E-state index in [4.69, 9.17) is 9.16 Å². The van der Waals surface area contributed by atoms with Gasteiger partial charge in [0.25, 0.3) is 15.9 Å². The number of hydrogen-bond donors (Lipinski definition) is 4. The van der Waals surface area contributed by atoms with Crippen LogP contribution in [0.5, 0.6) is 0 Å². The molecular weight excluding hydrogens is 809 g/mol. The Morgan fingerprint density at radius 2 is 1.33 bits per heavy atom. The van der Waals surface area contributed by atoms with Gasteiger partial charge in [-0.15, -0.1) is 0 Å². The van der Waals surface area contributed by atoms with Crippen LogP contribution in [-0.4, -0.2) is 58.6 Å². The quantitative estimate of drug-likeness (QED) is 0.0509. The molecular formula is C47H62N4O8SSi. The predicted octanol–water partition coefficient (Wildman–Crippen LogP) is 8.23. The Labute approximate surface area is 362 Å². The summed E-state index contributed by atoms with van der Waals surface area (Å²) in [4.78, 5) is 53.4. The second kappa shape index (κ2) is 21.5. The summed E-state index contributed by atoms with van der Waals surface area (Å²) in [6.07, 6.45) is 0.255. The molecule has 0 heterocycles. The highest BCUT2D eigenvalue weighted by Crippen LogP contribution is 2.39. The van der Waals surface area contributed by atoms with Crippen LogP contribution in [0.2, 0.25) is 18.1 Å². The molecule has 0 saturated heterocycles. The third-order valence-corrected chi connectivity index (χ3v) is 16.7. The molecule has 0 unspecified atom stereocenters. The van der Waals surface area contributed by atoms with Crippen LogP contribution in [0.4, 0.5) is 5.69 Å². The van der Waals surface area contributed by atoms with Gasteiger partial charge in [0.1, 0.15) is 12.6 Å². The first-order valence-electron chi connectivity index (χ1n) is 20.7. The van der Waals surface area contributed by atoms with Crippen molar-refractivity contribution in [3.05, 3.63) is 131 Å². The van der Waals surface area contributed by atoms with Gasteiger partial charge in [0.05, 0.1) is 22.6 Å². The Kier molecular flexibility index (Phi) is 17.0. The van der Waals surface area contributed by atoms with E-state index in [1.807, 2.05) is 44.2 Å². The summed E-state index contributed by atoms with van der Waals surface area (Å²) in [6.45, 7) is 18.5. The van der Waals surface area contributed by atoms with Crippen LogP contribution in [-0.2, 0) is 41.9 Å². The van der Waals surface area contributed by atoms with E-state index in [1.54, 1.807) is 74.5 Å². The molecule has 4 N–H and O–H groups in total. The van der Waals surface area contributed by atoms with E-state index in [1.165, 1.54) is 18.2 Å². The highest BCUT2D eigenvalue weighted by molar-refractivity contribution is 7.92. The lowest BCUT2D eigenvalue weighted by Gasteiger charge is -2.42. The molecule has 0 saturated carbocycles. The van der Waals surface area contributed by atoms with E-state index in [0.717, 1.165) is 11.1 Å².